The van der Waals surface area contributed by atoms with Crippen LogP contribution >= 0.6 is 0 Å². The van der Waals surface area contributed by atoms with E-state index in [1.807, 2.05) is 4.90 Å². The molecule has 1 aliphatic rings. The SMILES string of the molecule is O=C(c1ccc(F)cc1F)N1CCN(c2ccccc2F)CC1. The smallest absolute Gasteiger partial charge is 0.256 e. The monoisotopic (exact) mass is 320 g/mol. The summed E-state index contributed by atoms with van der Waals surface area (Å²) in [6.45, 7) is 1.61. The minimum atomic E-state index is -0.869. The lowest BCUT2D eigenvalue weighted by atomic mass is 10.1. The highest BCUT2D eigenvalue weighted by atomic mass is 19.1. The second kappa shape index (κ2) is 6.32. The molecule has 0 atom stereocenters. The highest BCUT2D eigenvalue weighted by Gasteiger charge is 2.25. The van der Waals surface area contributed by atoms with Crippen molar-refractivity contribution in [2.75, 3.05) is 31.1 Å². The van der Waals surface area contributed by atoms with E-state index in [0.29, 0.717) is 37.9 Å². The molecule has 1 fully saturated rings. The molecule has 3 rings (SSSR count). The topological polar surface area (TPSA) is 23.6 Å². The van der Waals surface area contributed by atoms with Crippen molar-refractivity contribution in [2.24, 2.45) is 0 Å². The van der Waals surface area contributed by atoms with Gasteiger partial charge >= 0.3 is 0 Å². The van der Waals surface area contributed by atoms with E-state index in [9.17, 15) is 18.0 Å². The number of anilines is 1. The number of para-hydroxylation sites is 1. The van der Waals surface area contributed by atoms with Crippen molar-refractivity contribution >= 4 is 11.6 Å². The van der Waals surface area contributed by atoms with Crippen LogP contribution in [0.4, 0.5) is 18.9 Å². The van der Waals surface area contributed by atoms with Gasteiger partial charge in [-0.25, -0.2) is 13.2 Å². The van der Waals surface area contributed by atoms with Crippen molar-refractivity contribution in [3.63, 3.8) is 0 Å². The highest BCUT2D eigenvalue weighted by Crippen LogP contribution is 2.21. The Labute approximate surface area is 131 Å². The summed E-state index contributed by atoms with van der Waals surface area (Å²) in [4.78, 5) is 15.7. The fourth-order valence-corrected chi connectivity index (χ4v) is 2.69. The summed E-state index contributed by atoms with van der Waals surface area (Å²) < 4.78 is 40.4. The van der Waals surface area contributed by atoms with Crippen LogP contribution in [0.15, 0.2) is 42.5 Å². The van der Waals surface area contributed by atoms with Crippen LogP contribution in [0.1, 0.15) is 10.4 Å². The van der Waals surface area contributed by atoms with E-state index in [1.54, 1.807) is 18.2 Å². The number of amides is 1. The molecular weight excluding hydrogens is 305 g/mol. The van der Waals surface area contributed by atoms with Crippen molar-refractivity contribution in [3.8, 4) is 0 Å². The Morgan fingerprint density at radius 1 is 0.870 bits per heavy atom. The molecule has 2 aromatic carbocycles. The Kier molecular flexibility index (Phi) is 4.23. The first-order chi connectivity index (χ1) is 11.1. The van der Waals surface area contributed by atoms with Gasteiger partial charge in [0, 0.05) is 32.2 Å². The lowest BCUT2D eigenvalue weighted by Crippen LogP contribution is -2.49. The Hall–Kier alpha value is -2.50. The number of nitrogens with zero attached hydrogens (tertiary/aromatic N) is 2. The molecule has 1 aliphatic heterocycles. The molecule has 1 amide bonds. The average Bonchev–Trinajstić information content (AvgIpc) is 2.55. The first-order valence-corrected chi connectivity index (χ1v) is 7.30. The lowest BCUT2D eigenvalue weighted by Gasteiger charge is -2.36. The zero-order chi connectivity index (χ0) is 16.4. The third-order valence-electron chi connectivity index (χ3n) is 3.92. The van der Waals surface area contributed by atoms with Gasteiger partial charge in [0.25, 0.3) is 5.91 Å². The summed E-state index contributed by atoms with van der Waals surface area (Å²) in [5.41, 5.74) is 0.346. The minimum absolute atomic E-state index is 0.147. The summed E-state index contributed by atoms with van der Waals surface area (Å²) in [6.07, 6.45) is 0. The van der Waals surface area contributed by atoms with Gasteiger partial charge in [-0.3, -0.25) is 4.79 Å². The van der Waals surface area contributed by atoms with Gasteiger partial charge < -0.3 is 9.80 Å². The van der Waals surface area contributed by atoms with Gasteiger partial charge in [-0.2, -0.15) is 0 Å². The number of rotatable bonds is 2. The zero-order valence-electron chi connectivity index (χ0n) is 12.3. The maximum Gasteiger partial charge on any atom is 0.256 e. The quantitative estimate of drug-likeness (QED) is 0.849. The predicted octanol–water partition coefficient (Wildman–Crippen LogP) is 3.07. The van der Waals surface area contributed by atoms with Gasteiger partial charge in [-0.15, -0.1) is 0 Å². The average molecular weight is 320 g/mol. The van der Waals surface area contributed by atoms with Crippen molar-refractivity contribution in [1.82, 2.24) is 4.90 Å². The Balaban J connectivity index is 1.69. The maximum atomic E-state index is 13.8. The zero-order valence-corrected chi connectivity index (χ0v) is 12.3. The van der Waals surface area contributed by atoms with Gasteiger partial charge in [-0.1, -0.05) is 12.1 Å². The van der Waals surface area contributed by atoms with Crippen molar-refractivity contribution in [1.29, 1.82) is 0 Å². The molecule has 3 nitrogen and oxygen atoms in total. The molecule has 0 bridgehead atoms. The second-order valence-electron chi connectivity index (χ2n) is 5.35. The molecule has 2 aromatic rings. The summed E-state index contributed by atoms with van der Waals surface area (Å²) in [6, 6.07) is 9.36. The fourth-order valence-electron chi connectivity index (χ4n) is 2.69. The third kappa shape index (κ3) is 3.16. The van der Waals surface area contributed by atoms with Crippen LogP contribution in [0.3, 0.4) is 0 Å². The fraction of sp³-hybridized carbons (Fsp3) is 0.235. The van der Waals surface area contributed by atoms with Gasteiger partial charge in [0.15, 0.2) is 0 Å². The van der Waals surface area contributed by atoms with Crippen molar-refractivity contribution < 1.29 is 18.0 Å². The van der Waals surface area contributed by atoms with Gasteiger partial charge in [-0.05, 0) is 24.3 Å². The van der Waals surface area contributed by atoms with Crippen LogP contribution in [-0.2, 0) is 0 Å². The van der Waals surface area contributed by atoms with Gasteiger partial charge in [0.2, 0.25) is 0 Å². The van der Waals surface area contributed by atoms with Crippen LogP contribution in [0.5, 0.6) is 0 Å². The lowest BCUT2D eigenvalue weighted by molar-refractivity contribution is 0.0742. The summed E-state index contributed by atoms with van der Waals surface area (Å²) in [5, 5.41) is 0. The highest BCUT2D eigenvalue weighted by molar-refractivity contribution is 5.94. The van der Waals surface area contributed by atoms with Crippen LogP contribution < -0.4 is 4.90 Å². The second-order valence-corrected chi connectivity index (χ2v) is 5.35. The van der Waals surface area contributed by atoms with E-state index in [1.165, 1.54) is 11.0 Å². The summed E-state index contributed by atoms with van der Waals surface area (Å²) in [5.74, 6) is -2.37. The number of hydrogen-bond donors (Lipinski definition) is 0. The molecule has 0 radical (unpaired) electrons. The van der Waals surface area contributed by atoms with Crippen LogP contribution in [0.2, 0.25) is 0 Å². The molecular formula is C17H15F3N2O. The summed E-state index contributed by atoms with van der Waals surface area (Å²) >= 11 is 0. The maximum absolute atomic E-state index is 13.8. The molecule has 120 valence electrons. The first-order valence-electron chi connectivity index (χ1n) is 7.30. The molecule has 0 N–H and O–H groups in total. The van der Waals surface area contributed by atoms with E-state index >= 15 is 0 Å². The molecule has 0 saturated carbocycles. The minimum Gasteiger partial charge on any atom is -0.366 e. The number of piperazine rings is 1. The largest absolute Gasteiger partial charge is 0.366 e. The van der Waals surface area contributed by atoms with E-state index in [-0.39, 0.29) is 11.4 Å². The predicted molar refractivity (Wildman–Crippen MR) is 80.9 cm³/mol. The molecule has 0 aromatic heterocycles. The van der Waals surface area contributed by atoms with Gasteiger partial charge in [0.1, 0.15) is 17.5 Å². The number of carbonyl (C=O) groups excluding carboxylic acids is 1. The number of carbonyl (C=O) groups is 1. The standard InChI is InChI=1S/C17H15F3N2O/c18-12-5-6-13(15(20)11-12)17(23)22-9-7-21(8-10-22)16-4-2-1-3-14(16)19/h1-6,11H,7-10H2. The number of hydrogen-bond acceptors (Lipinski definition) is 2. The third-order valence-corrected chi connectivity index (χ3v) is 3.92. The van der Waals surface area contributed by atoms with Crippen molar-refractivity contribution in [2.45, 2.75) is 0 Å². The van der Waals surface area contributed by atoms with Crippen LogP contribution in [0.25, 0.3) is 0 Å². The van der Waals surface area contributed by atoms with Crippen LogP contribution in [0, 0.1) is 17.5 Å². The molecule has 1 heterocycles. The summed E-state index contributed by atoms with van der Waals surface area (Å²) in [7, 11) is 0. The number of halogens is 3. The van der Waals surface area contributed by atoms with Crippen molar-refractivity contribution in [3.05, 3.63) is 65.5 Å². The first kappa shape index (κ1) is 15.4. The Morgan fingerprint density at radius 3 is 2.22 bits per heavy atom. The number of benzene rings is 2. The molecule has 23 heavy (non-hydrogen) atoms. The van der Waals surface area contributed by atoms with Gasteiger partial charge in [0.05, 0.1) is 11.3 Å². The molecule has 1 saturated heterocycles. The molecule has 0 spiro atoms. The Morgan fingerprint density at radius 2 is 1.57 bits per heavy atom. The van der Waals surface area contributed by atoms with E-state index < -0.39 is 17.5 Å². The molecule has 6 heteroatoms. The van der Waals surface area contributed by atoms with E-state index in [0.717, 1.165) is 12.1 Å². The normalized spacial score (nSPS) is 14.9. The molecule has 0 aliphatic carbocycles. The van der Waals surface area contributed by atoms with Crippen LogP contribution in [-0.4, -0.2) is 37.0 Å². The van der Waals surface area contributed by atoms with E-state index in [2.05, 4.69) is 0 Å². The molecule has 0 unspecified atom stereocenters. The Bertz CT molecular complexity index is 728. The van der Waals surface area contributed by atoms with E-state index in [4.69, 9.17) is 0 Å².